The molecule has 0 fully saturated rings. The molecule has 0 aliphatic heterocycles. The topological polar surface area (TPSA) is 38.0 Å². The van der Waals surface area contributed by atoms with Crippen molar-refractivity contribution in [3.63, 3.8) is 0 Å². The van der Waals surface area contributed by atoms with Gasteiger partial charge in [0.15, 0.2) is 11.6 Å². The van der Waals surface area contributed by atoms with Gasteiger partial charge >= 0.3 is 0 Å². The molecule has 2 aromatic carbocycles. The maximum absolute atomic E-state index is 14.1. The van der Waals surface area contributed by atoms with Crippen molar-refractivity contribution in [2.75, 3.05) is 0 Å². The Morgan fingerprint density at radius 3 is 2.50 bits per heavy atom. The predicted octanol–water partition coefficient (Wildman–Crippen LogP) is 4.24. The molecule has 2 aromatic rings. The molecule has 2 nitrogen and oxygen atoms in total. The van der Waals surface area contributed by atoms with Crippen molar-refractivity contribution in [3.05, 3.63) is 68.2 Å². The van der Waals surface area contributed by atoms with Crippen LogP contribution in [0, 0.1) is 18.6 Å². The van der Waals surface area contributed by atoms with Gasteiger partial charge in [0.2, 0.25) is 0 Å². The Kier molecular flexibility index (Phi) is 4.75. The lowest BCUT2D eigenvalue weighted by Gasteiger charge is -2.20. The van der Waals surface area contributed by atoms with Crippen LogP contribution in [0.25, 0.3) is 0 Å². The number of nitrogens with two attached hydrogens (primary N) is 1. The lowest BCUT2D eigenvalue weighted by atomic mass is 9.97. The highest BCUT2D eigenvalue weighted by atomic mass is 79.9. The van der Waals surface area contributed by atoms with Gasteiger partial charge in [-0.1, -0.05) is 39.7 Å². The third-order valence-electron chi connectivity index (χ3n) is 3.05. The molecule has 0 radical (unpaired) electrons. The van der Waals surface area contributed by atoms with E-state index in [9.17, 15) is 8.78 Å². The number of hydrazine groups is 1. The first-order valence-electron chi connectivity index (χ1n) is 5.81. The Bertz CT molecular complexity index is 649. The number of rotatable bonds is 3. The highest BCUT2D eigenvalue weighted by Gasteiger charge is 2.22. The summed E-state index contributed by atoms with van der Waals surface area (Å²) in [6, 6.07) is 7.37. The second-order valence-corrected chi connectivity index (χ2v) is 5.66. The second kappa shape index (κ2) is 6.18. The van der Waals surface area contributed by atoms with Gasteiger partial charge in [-0.15, -0.1) is 0 Å². The summed E-state index contributed by atoms with van der Waals surface area (Å²) in [7, 11) is 0. The first kappa shape index (κ1) is 15.4. The molecule has 0 aromatic heterocycles. The summed E-state index contributed by atoms with van der Waals surface area (Å²) < 4.78 is 28.5. The van der Waals surface area contributed by atoms with Crippen molar-refractivity contribution in [2.24, 2.45) is 5.84 Å². The summed E-state index contributed by atoms with van der Waals surface area (Å²) in [5.41, 5.74) is 3.49. The van der Waals surface area contributed by atoms with Crippen molar-refractivity contribution in [3.8, 4) is 0 Å². The highest BCUT2D eigenvalue weighted by Crippen LogP contribution is 2.32. The smallest absolute Gasteiger partial charge is 0.164 e. The average molecular weight is 362 g/mol. The van der Waals surface area contributed by atoms with Crippen LogP contribution in [0.15, 0.2) is 34.8 Å². The van der Waals surface area contributed by atoms with Gasteiger partial charge in [0.1, 0.15) is 0 Å². The lowest BCUT2D eigenvalue weighted by molar-refractivity contribution is 0.478. The molecule has 0 aliphatic carbocycles. The van der Waals surface area contributed by atoms with Gasteiger partial charge in [-0.3, -0.25) is 5.84 Å². The lowest BCUT2D eigenvalue weighted by Crippen LogP contribution is -2.30. The fourth-order valence-electron chi connectivity index (χ4n) is 1.97. The quantitative estimate of drug-likeness (QED) is 0.634. The third kappa shape index (κ3) is 2.86. The number of hydrogen-bond donors (Lipinski definition) is 2. The minimum absolute atomic E-state index is 0.124. The molecule has 0 aliphatic rings. The van der Waals surface area contributed by atoms with Crippen LogP contribution in [-0.4, -0.2) is 0 Å². The van der Waals surface area contributed by atoms with Crippen LogP contribution in [0.1, 0.15) is 22.7 Å². The monoisotopic (exact) mass is 360 g/mol. The minimum Gasteiger partial charge on any atom is -0.271 e. The maximum Gasteiger partial charge on any atom is 0.164 e. The van der Waals surface area contributed by atoms with Crippen LogP contribution in [0.2, 0.25) is 5.02 Å². The summed E-state index contributed by atoms with van der Waals surface area (Å²) in [6.45, 7) is 1.50. The summed E-state index contributed by atoms with van der Waals surface area (Å²) in [5, 5.41) is 0.483. The minimum atomic E-state index is -0.917. The normalized spacial score (nSPS) is 12.5. The van der Waals surface area contributed by atoms with Crippen molar-refractivity contribution in [1.29, 1.82) is 0 Å². The van der Waals surface area contributed by atoms with E-state index in [1.54, 1.807) is 18.2 Å². The van der Waals surface area contributed by atoms with Crippen LogP contribution >= 0.6 is 27.5 Å². The van der Waals surface area contributed by atoms with Crippen LogP contribution in [-0.2, 0) is 0 Å². The number of hydrogen-bond acceptors (Lipinski definition) is 2. The molecule has 0 saturated carbocycles. The molecule has 2 rings (SSSR count). The second-order valence-electron chi connectivity index (χ2n) is 4.37. The van der Waals surface area contributed by atoms with Crippen LogP contribution in [0.3, 0.4) is 0 Å². The number of benzene rings is 2. The van der Waals surface area contributed by atoms with Crippen molar-refractivity contribution in [1.82, 2.24) is 5.43 Å². The van der Waals surface area contributed by atoms with E-state index in [4.69, 9.17) is 17.4 Å². The van der Waals surface area contributed by atoms with E-state index in [1.807, 2.05) is 0 Å². The Hall–Kier alpha value is -1.01. The zero-order valence-electron chi connectivity index (χ0n) is 10.6. The van der Waals surface area contributed by atoms with Gasteiger partial charge in [-0.25, -0.2) is 14.2 Å². The van der Waals surface area contributed by atoms with E-state index in [-0.39, 0.29) is 11.1 Å². The Morgan fingerprint density at radius 1 is 1.15 bits per heavy atom. The molecule has 0 saturated heterocycles. The molecular weight excluding hydrogens is 350 g/mol. The largest absolute Gasteiger partial charge is 0.271 e. The van der Waals surface area contributed by atoms with E-state index >= 15 is 0 Å². The van der Waals surface area contributed by atoms with Gasteiger partial charge < -0.3 is 0 Å². The van der Waals surface area contributed by atoms with E-state index in [1.165, 1.54) is 19.1 Å². The van der Waals surface area contributed by atoms with Gasteiger partial charge in [0.05, 0.1) is 6.04 Å². The molecule has 0 amide bonds. The van der Waals surface area contributed by atoms with Crippen LogP contribution < -0.4 is 11.3 Å². The number of aryl methyl sites for hydroxylation is 1. The maximum atomic E-state index is 14.1. The third-order valence-corrected chi connectivity index (χ3v) is 4.01. The highest BCUT2D eigenvalue weighted by molar-refractivity contribution is 9.10. The predicted molar refractivity (Wildman–Crippen MR) is 79.4 cm³/mol. The first-order valence-corrected chi connectivity index (χ1v) is 6.98. The molecule has 106 valence electrons. The Morgan fingerprint density at radius 2 is 1.85 bits per heavy atom. The first-order chi connectivity index (χ1) is 9.45. The van der Waals surface area contributed by atoms with Gasteiger partial charge in [-0.2, -0.15) is 0 Å². The number of nitrogens with one attached hydrogen (secondary N) is 1. The van der Waals surface area contributed by atoms with Crippen LogP contribution in [0.4, 0.5) is 8.78 Å². The molecule has 3 N–H and O–H groups in total. The summed E-state index contributed by atoms with van der Waals surface area (Å²) in [4.78, 5) is 0. The van der Waals surface area contributed by atoms with Crippen molar-refractivity contribution < 1.29 is 8.78 Å². The number of halogens is 4. The van der Waals surface area contributed by atoms with Gasteiger partial charge in [0, 0.05) is 15.1 Å². The van der Waals surface area contributed by atoms with Gasteiger partial charge in [0.25, 0.3) is 0 Å². The molecule has 0 heterocycles. The summed E-state index contributed by atoms with van der Waals surface area (Å²) >= 11 is 9.30. The zero-order chi connectivity index (χ0) is 14.9. The summed E-state index contributed by atoms with van der Waals surface area (Å²) in [6.07, 6.45) is 0. The summed E-state index contributed by atoms with van der Waals surface area (Å²) in [5.74, 6) is 3.72. The fourth-order valence-corrected chi connectivity index (χ4v) is 2.62. The van der Waals surface area contributed by atoms with E-state index in [2.05, 4.69) is 21.4 Å². The molecule has 6 heteroatoms. The Labute approximate surface area is 129 Å². The SMILES string of the molecule is Cc1ccc(C(NN)c2cc(Cl)ccc2Br)c(F)c1F. The molecule has 20 heavy (non-hydrogen) atoms. The van der Waals surface area contributed by atoms with Crippen molar-refractivity contribution in [2.45, 2.75) is 13.0 Å². The van der Waals surface area contributed by atoms with E-state index in [0.29, 0.717) is 15.1 Å². The molecule has 0 bridgehead atoms. The Balaban J connectivity index is 2.58. The molecule has 1 atom stereocenters. The average Bonchev–Trinajstić information content (AvgIpc) is 2.43. The molecule has 1 unspecified atom stereocenters. The van der Waals surface area contributed by atoms with Crippen molar-refractivity contribution >= 4 is 27.5 Å². The molecular formula is C14H12BrClF2N2. The molecule has 0 spiro atoms. The van der Waals surface area contributed by atoms with E-state index in [0.717, 1.165) is 0 Å². The van der Waals surface area contributed by atoms with E-state index < -0.39 is 17.7 Å². The van der Waals surface area contributed by atoms with Crippen LogP contribution in [0.5, 0.6) is 0 Å². The zero-order valence-corrected chi connectivity index (χ0v) is 12.9. The standard InChI is InChI=1S/C14H12BrClF2N2/c1-7-2-4-9(13(18)12(7)17)14(20-19)10-6-8(16)3-5-11(10)15/h2-6,14,20H,19H2,1H3. The van der Waals surface area contributed by atoms with Gasteiger partial charge in [-0.05, 0) is 36.2 Å². The fraction of sp³-hybridized carbons (Fsp3) is 0.143.